The van der Waals surface area contributed by atoms with Crippen LogP contribution in [0.5, 0.6) is 0 Å². The lowest BCUT2D eigenvalue weighted by atomic mass is 10.2. The van der Waals surface area contributed by atoms with Gasteiger partial charge in [-0.1, -0.05) is 54.1 Å². The molecule has 2 aromatic rings. The fourth-order valence-electron chi connectivity index (χ4n) is 1.75. The molecule has 0 aromatic heterocycles. The molecule has 0 bridgehead atoms. The van der Waals surface area contributed by atoms with E-state index in [2.05, 4.69) is 36.5 Å². The van der Waals surface area contributed by atoms with Crippen LogP contribution in [-0.4, -0.2) is 6.54 Å². The van der Waals surface area contributed by atoms with Gasteiger partial charge in [0.1, 0.15) is 0 Å². The van der Waals surface area contributed by atoms with E-state index in [0.717, 1.165) is 22.8 Å². The number of hydrogen-bond acceptors (Lipinski definition) is 1. The van der Waals surface area contributed by atoms with Gasteiger partial charge in [0.2, 0.25) is 0 Å². The smallest absolute Gasteiger partial charge is 0.0410 e. The van der Waals surface area contributed by atoms with Gasteiger partial charge in [0, 0.05) is 17.3 Å². The number of rotatable bonds is 4. The summed E-state index contributed by atoms with van der Waals surface area (Å²) in [5.41, 5.74) is 3.50. The highest BCUT2D eigenvalue weighted by Gasteiger charge is 1.96. The lowest BCUT2D eigenvalue weighted by molar-refractivity contribution is 1.31. The minimum Gasteiger partial charge on any atom is -0.381 e. The third-order valence-electron chi connectivity index (χ3n) is 2.71. The summed E-state index contributed by atoms with van der Waals surface area (Å²) in [5.74, 6) is 0. The highest BCUT2D eigenvalue weighted by molar-refractivity contribution is 6.30. The van der Waals surface area contributed by atoms with Crippen LogP contribution in [0.1, 0.15) is 11.1 Å². The predicted molar refractivity (Wildman–Crippen MR) is 80.2 cm³/mol. The molecule has 0 amide bonds. The van der Waals surface area contributed by atoms with Crippen molar-refractivity contribution in [3.05, 3.63) is 70.8 Å². The first-order valence-corrected chi connectivity index (χ1v) is 6.35. The minimum absolute atomic E-state index is 0.776. The molecule has 0 unspecified atom stereocenters. The van der Waals surface area contributed by atoms with Gasteiger partial charge >= 0.3 is 0 Å². The maximum Gasteiger partial charge on any atom is 0.0410 e. The molecule has 2 rings (SSSR count). The SMILES string of the molecule is Cc1cc(Cl)ccc1NCC=Cc1ccccc1. The lowest BCUT2D eigenvalue weighted by Gasteiger charge is -2.07. The molecule has 0 radical (unpaired) electrons. The topological polar surface area (TPSA) is 12.0 Å². The number of aryl methyl sites for hydroxylation is 1. The number of halogens is 1. The van der Waals surface area contributed by atoms with E-state index in [1.54, 1.807) is 0 Å². The van der Waals surface area contributed by atoms with Crippen molar-refractivity contribution in [1.29, 1.82) is 0 Å². The molecule has 1 nitrogen and oxygen atoms in total. The number of benzene rings is 2. The van der Waals surface area contributed by atoms with Crippen molar-refractivity contribution in [3.63, 3.8) is 0 Å². The van der Waals surface area contributed by atoms with Gasteiger partial charge in [0.05, 0.1) is 0 Å². The van der Waals surface area contributed by atoms with Crippen molar-refractivity contribution in [3.8, 4) is 0 Å². The molecule has 2 heteroatoms. The van der Waals surface area contributed by atoms with Gasteiger partial charge in [0.25, 0.3) is 0 Å². The standard InChI is InChI=1S/C16H16ClN/c1-13-12-15(17)9-10-16(13)18-11-5-8-14-6-3-2-4-7-14/h2-10,12,18H,11H2,1H3. The van der Waals surface area contributed by atoms with Crippen LogP contribution in [0.4, 0.5) is 5.69 Å². The molecule has 18 heavy (non-hydrogen) atoms. The van der Waals surface area contributed by atoms with Crippen LogP contribution in [0, 0.1) is 6.92 Å². The summed E-state index contributed by atoms with van der Waals surface area (Å²) in [6.45, 7) is 2.85. The van der Waals surface area contributed by atoms with Gasteiger partial charge in [-0.05, 0) is 36.2 Å². The van der Waals surface area contributed by atoms with E-state index in [4.69, 9.17) is 11.6 Å². The van der Waals surface area contributed by atoms with E-state index in [1.807, 2.05) is 36.4 Å². The third-order valence-corrected chi connectivity index (χ3v) is 2.94. The van der Waals surface area contributed by atoms with Crippen molar-refractivity contribution in [2.24, 2.45) is 0 Å². The summed E-state index contributed by atoms with van der Waals surface area (Å²) in [5, 5.41) is 4.14. The Morgan fingerprint density at radius 2 is 1.89 bits per heavy atom. The van der Waals surface area contributed by atoms with Gasteiger partial charge in [-0.25, -0.2) is 0 Å². The van der Waals surface area contributed by atoms with Gasteiger partial charge in [-0.2, -0.15) is 0 Å². The first-order valence-electron chi connectivity index (χ1n) is 5.97. The lowest BCUT2D eigenvalue weighted by Crippen LogP contribution is -1.99. The first-order chi connectivity index (χ1) is 8.75. The van der Waals surface area contributed by atoms with E-state index >= 15 is 0 Å². The minimum atomic E-state index is 0.776. The second-order valence-electron chi connectivity index (χ2n) is 4.15. The van der Waals surface area contributed by atoms with Gasteiger partial charge in [0.15, 0.2) is 0 Å². The first kappa shape index (κ1) is 12.7. The molecule has 92 valence electrons. The zero-order chi connectivity index (χ0) is 12.8. The van der Waals surface area contributed by atoms with Crippen molar-refractivity contribution in [2.45, 2.75) is 6.92 Å². The molecule has 2 aromatic carbocycles. The number of anilines is 1. The number of hydrogen-bond donors (Lipinski definition) is 1. The summed E-state index contributed by atoms with van der Waals surface area (Å²) < 4.78 is 0. The van der Waals surface area contributed by atoms with Crippen molar-refractivity contribution >= 4 is 23.4 Å². The molecule has 0 aliphatic rings. The molecule has 0 spiro atoms. The molecule has 0 aliphatic heterocycles. The second kappa shape index (κ2) is 6.27. The van der Waals surface area contributed by atoms with Crippen LogP contribution in [-0.2, 0) is 0 Å². The fourth-order valence-corrected chi connectivity index (χ4v) is 1.98. The highest BCUT2D eigenvalue weighted by Crippen LogP contribution is 2.19. The summed E-state index contributed by atoms with van der Waals surface area (Å²) in [4.78, 5) is 0. The quantitative estimate of drug-likeness (QED) is 0.832. The summed E-state index contributed by atoms with van der Waals surface area (Å²) >= 11 is 5.92. The van der Waals surface area contributed by atoms with Crippen LogP contribution in [0.15, 0.2) is 54.6 Å². The van der Waals surface area contributed by atoms with E-state index in [-0.39, 0.29) is 0 Å². The van der Waals surface area contributed by atoms with E-state index in [9.17, 15) is 0 Å². The Labute approximate surface area is 113 Å². The van der Waals surface area contributed by atoms with Crippen LogP contribution in [0.2, 0.25) is 5.02 Å². The Bertz CT molecular complexity index is 532. The Morgan fingerprint density at radius 3 is 2.61 bits per heavy atom. The summed E-state index contributed by atoms with van der Waals surface area (Å²) in [6.07, 6.45) is 4.22. The van der Waals surface area contributed by atoms with E-state index < -0.39 is 0 Å². The Morgan fingerprint density at radius 1 is 1.11 bits per heavy atom. The average Bonchev–Trinajstić information content (AvgIpc) is 2.38. The predicted octanol–water partition coefficient (Wildman–Crippen LogP) is 4.77. The molecule has 0 atom stereocenters. The number of nitrogens with one attached hydrogen (secondary N) is 1. The molecule has 0 heterocycles. The van der Waals surface area contributed by atoms with E-state index in [1.165, 1.54) is 5.56 Å². The van der Waals surface area contributed by atoms with Crippen LogP contribution in [0.25, 0.3) is 6.08 Å². The molecular weight excluding hydrogens is 242 g/mol. The average molecular weight is 258 g/mol. The third kappa shape index (κ3) is 3.64. The van der Waals surface area contributed by atoms with Crippen LogP contribution < -0.4 is 5.32 Å². The summed E-state index contributed by atoms with van der Waals surface area (Å²) in [6, 6.07) is 16.1. The van der Waals surface area contributed by atoms with Crippen molar-refractivity contribution < 1.29 is 0 Å². The largest absolute Gasteiger partial charge is 0.381 e. The molecular formula is C16H16ClN. The van der Waals surface area contributed by atoms with Crippen molar-refractivity contribution in [2.75, 3.05) is 11.9 Å². The molecule has 1 N–H and O–H groups in total. The zero-order valence-corrected chi connectivity index (χ0v) is 11.1. The van der Waals surface area contributed by atoms with Crippen molar-refractivity contribution in [1.82, 2.24) is 0 Å². The maximum atomic E-state index is 5.92. The zero-order valence-electron chi connectivity index (χ0n) is 10.4. The second-order valence-corrected chi connectivity index (χ2v) is 4.59. The molecule has 0 fully saturated rings. The molecule has 0 saturated carbocycles. The maximum absolute atomic E-state index is 5.92. The van der Waals surface area contributed by atoms with E-state index in [0.29, 0.717) is 0 Å². The van der Waals surface area contributed by atoms with Crippen LogP contribution >= 0.6 is 11.6 Å². The normalized spacial score (nSPS) is 10.8. The molecule has 0 saturated heterocycles. The van der Waals surface area contributed by atoms with Gasteiger partial charge in [-0.3, -0.25) is 0 Å². The molecule has 0 aliphatic carbocycles. The monoisotopic (exact) mass is 257 g/mol. The van der Waals surface area contributed by atoms with Gasteiger partial charge < -0.3 is 5.32 Å². The van der Waals surface area contributed by atoms with Gasteiger partial charge in [-0.15, -0.1) is 0 Å². The Hall–Kier alpha value is -1.73. The summed E-state index contributed by atoms with van der Waals surface area (Å²) in [7, 11) is 0. The Kier molecular flexibility index (Phi) is 4.43. The Balaban J connectivity index is 1.91. The van der Waals surface area contributed by atoms with Crippen LogP contribution in [0.3, 0.4) is 0 Å². The highest BCUT2D eigenvalue weighted by atomic mass is 35.5. The fraction of sp³-hybridized carbons (Fsp3) is 0.125.